The summed E-state index contributed by atoms with van der Waals surface area (Å²) in [5.41, 5.74) is 2.76. The zero-order valence-corrected chi connectivity index (χ0v) is 16.8. The fourth-order valence-electron chi connectivity index (χ4n) is 3.10. The Labute approximate surface area is 170 Å². The molecule has 0 aliphatic rings. The van der Waals surface area contributed by atoms with Crippen LogP contribution < -0.4 is 19.5 Å². The molecule has 2 aromatic carbocycles. The van der Waals surface area contributed by atoms with E-state index in [0.717, 1.165) is 42.1 Å². The van der Waals surface area contributed by atoms with E-state index in [-0.39, 0.29) is 5.75 Å². The van der Waals surface area contributed by atoms with Crippen LogP contribution >= 0.6 is 0 Å². The van der Waals surface area contributed by atoms with Gasteiger partial charge in [-0.15, -0.1) is 0 Å². The number of ether oxygens (including phenoxy) is 3. The van der Waals surface area contributed by atoms with Crippen molar-refractivity contribution in [2.75, 3.05) is 33.9 Å². The summed E-state index contributed by atoms with van der Waals surface area (Å²) in [6.45, 7) is 2.17. The van der Waals surface area contributed by atoms with Crippen LogP contribution in [0.3, 0.4) is 0 Å². The number of hydrogen-bond acceptors (Lipinski definition) is 6. The van der Waals surface area contributed by atoms with Crippen molar-refractivity contribution in [3.8, 4) is 34.3 Å². The Kier molecular flexibility index (Phi) is 7.35. The summed E-state index contributed by atoms with van der Waals surface area (Å²) in [6, 6.07) is 13.5. The Bertz CT molecular complexity index is 897. The lowest BCUT2D eigenvalue weighted by molar-refractivity contribution is 0.309. The minimum absolute atomic E-state index is 0.132. The third kappa shape index (κ3) is 5.20. The summed E-state index contributed by atoms with van der Waals surface area (Å²) < 4.78 is 16.4. The van der Waals surface area contributed by atoms with Crippen molar-refractivity contribution in [2.24, 2.45) is 0 Å². The van der Waals surface area contributed by atoms with Gasteiger partial charge in [0.05, 0.1) is 26.5 Å². The summed E-state index contributed by atoms with van der Waals surface area (Å²) in [5.74, 6) is 1.86. The number of aromatic nitrogens is 2. The first-order chi connectivity index (χ1) is 14.2. The molecule has 0 aliphatic heterocycles. The van der Waals surface area contributed by atoms with Gasteiger partial charge in [-0.25, -0.2) is 0 Å². The Morgan fingerprint density at radius 2 is 1.86 bits per heavy atom. The van der Waals surface area contributed by atoms with E-state index in [4.69, 9.17) is 14.2 Å². The molecule has 3 aromatic rings. The molecule has 0 spiro atoms. The maximum absolute atomic E-state index is 10.3. The molecule has 0 unspecified atom stereocenters. The SMILES string of the molecule is COc1ccc(CCNCCCOc2ccccc2-c2ccn[nH]2)c(O)c1OC. The number of hydrogen-bond donors (Lipinski definition) is 3. The molecule has 154 valence electrons. The lowest BCUT2D eigenvalue weighted by Crippen LogP contribution is -2.20. The Balaban J connectivity index is 1.41. The molecule has 0 atom stereocenters. The van der Waals surface area contributed by atoms with Crippen LogP contribution in [-0.4, -0.2) is 49.2 Å². The molecular weight excluding hydrogens is 370 g/mol. The highest BCUT2D eigenvalue weighted by Crippen LogP contribution is 2.38. The van der Waals surface area contributed by atoms with E-state index in [1.165, 1.54) is 7.11 Å². The Hall–Kier alpha value is -3.19. The van der Waals surface area contributed by atoms with Crippen molar-refractivity contribution < 1.29 is 19.3 Å². The smallest absolute Gasteiger partial charge is 0.203 e. The molecule has 0 radical (unpaired) electrons. The lowest BCUT2D eigenvalue weighted by atomic mass is 10.1. The van der Waals surface area contributed by atoms with Gasteiger partial charge in [-0.2, -0.15) is 5.10 Å². The molecule has 1 heterocycles. The van der Waals surface area contributed by atoms with Crippen molar-refractivity contribution in [1.82, 2.24) is 15.5 Å². The fourth-order valence-corrected chi connectivity index (χ4v) is 3.10. The molecule has 0 saturated heterocycles. The molecule has 7 heteroatoms. The largest absolute Gasteiger partial charge is 0.504 e. The van der Waals surface area contributed by atoms with Gasteiger partial charge < -0.3 is 24.6 Å². The monoisotopic (exact) mass is 397 g/mol. The zero-order chi connectivity index (χ0) is 20.5. The van der Waals surface area contributed by atoms with Gasteiger partial charge in [0.1, 0.15) is 5.75 Å². The molecular formula is C22H27N3O4. The summed E-state index contributed by atoms with van der Waals surface area (Å²) in [6.07, 6.45) is 3.29. The third-order valence-electron chi connectivity index (χ3n) is 4.61. The van der Waals surface area contributed by atoms with Gasteiger partial charge in [-0.3, -0.25) is 5.10 Å². The molecule has 0 bridgehead atoms. The van der Waals surface area contributed by atoms with E-state index in [2.05, 4.69) is 15.5 Å². The normalized spacial score (nSPS) is 10.7. The van der Waals surface area contributed by atoms with Crippen LogP contribution in [0.5, 0.6) is 23.0 Å². The second-order valence-corrected chi connectivity index (χ2v) is 6.48. The second-order valence-electron chi connectivity index (χ2n) is 6.48. The Morgan fingerprint density at radius 3 is 2.62 bits per heavy atom. The van der Waals surface area contributed by atoms with Gasteiger partial charge >= 0.3 is 0 Å². The van der Waals surface area contributed by atoms with Crippen molar-refractivity contribution in [2.45, 2.75) is 12.8 Å². The standard InChI is InChI=1S/C22H27N3O4/c1-27-20-9-8-16(21(26)22(20)28-2)10-13-23-12-5-15-29-19-7-4-3-6-17(19)18-11-14-24-25-18/h3-4,6-9,11,14,23,26H,5,10,12-13,15H2,1-2H3,(H,24,25). The van der Waals surface area contributed by atoms with Crippen LogP contribution in [0.15, 0.2) is 48.7 Å². The fraction of sp³-hybridized carbons (Fsp3) is 0.318. The number of nitrogens with zero attached hydrogens (tertiary/aromatic N) is 1. The maximum Gasteiger partial charge on any atom is 0.203 e. The van der Waals surface area contributed by atoms with Gasteiger partial charge in [0.25, 0.3) is 0 Å². The number of benzene rings is 2. The van der Waals surface area contributed by atoms with Crippen LogP contribution in [0.25, 0.3) is 11.3 Å². The molecule has 3 N–H and O–H groups in total. The van der Waals surface area contributed by atoms with E-state index in [0.29, 0.717) is 24.5 Å². The number of nitrogens with one attached hydrogen (secondary N) is 2. The molecule has 0 fully saturated rings. The van der Waals surface area contributed by atoms with E-state index in [9.17, 15) is 5.11 Å². The molecule has 1 aromatic heterocycles. The van der Waals surface area contributed by atoms with E-state index >= 15 is 0 Å². The maximum atomic E-state index is 10.3. The van der Waals surface area contributed by atoms with Crippen molar-refractivity contribution >= 4 is 0 Å². The Morgan fingerprint density at radius 1 is 1.00 bits per heavy atom. The third-order valence-corrected chi connectivity index (χ3v) is 4.61. The van der Waals surface area contributed by atoms with Gasteiger partial charge in [0.15, 0.2) is 11.5 Å². The highest BCUT2D eigenvalue weighted by molar-refractivity contribution is 5.66. The van der Waals surface area contributed by atoms with E-state index < -0.39 is 0 Å². The van der Waals surface area contributed by atoms with Crippen molar-refractivity contribution in [1.29, 1.82) is 0 Å². The lowest BCUT2D eigenvalue weighted by Gasteiger charge is -2.13. The number of rotatable bonds is 11. The number of phenolic OH excluding ortho intramolecular Hbond substituents is 1. The number of para-hydroxylation sites is 1. The van der Waals surface area contributed by atoms with Crippen LogP contribution in [0.4, 0.5) is 0 Å². The van der Waals surface area contributed by atoms with Crippen LogP contribution in [0.2, 0.25) is 0 Å². The number of methoxy groups -OCH3 is 2. The second kappa shape index (κ2) is 10.4. The molecule has 0 amide bonds. The summed E-state index contributed by atoms with van der Waals surface area (Å²) in [4.78, 5) is 0. The van der Waals surface area contributed by atoms with Crippen molar-refractivity contribution in [3.05, 3.63) is 54.2 Å². The number of aromatic hydroxyl groups is 1. The molecule has 29 heavy (non-hydrogen) atoms. The molecule has 7 nitrogen and oxygen atoms in total. The zero-order valence-electron chi connectivity index (χ0n) is 16.8. The van der Waals surface area contributed by atoms with Gasteiger partial charge in [-0.05, 0) is 55.8 Å². The van der Waals surface area contributed by atoms with Gasteiger partial charge in [0.2, 0.25) is 5.75 Å². The van der Waals surface area contributed by atoms with E-state index in [1.807, 2.05) is 36.4 Å². The highest BCUT2D eigenvalue weighted by Gasteiger charge is 2.13. The van der Waals surface area contributed by atoms with E-state index in [1.54, 1.807) is 19.4 Å². The predicted molar refractivity (Wildman–Crippen MR) is 112 cm³/mol. The first kappa shape index (κ1) is 20.5. The van der Waals surface area contributed by atoms with Crippen LogP contribution in [-0.2, 0) is 6.42 Å². The predicted octanol–water partition coefficient (Wildman–Crippen LogP) is 3.40. The first-order valence-electron chi connectivity index (χ1n) is 9.59. The minimum atomic E-state index is 0.132. The minimum Gasteiger partial charge on any atom is -0.504 e. The first-order valence-corrected chi connectivity index (χ1v) is 9.59. The van der Waals surface area contributed by atoms with Gasteiger partial charge in [0, 0.05) is 11.8 Å². The average Bonchev–Trinajstić information content (AvgIpc) is 3.28. The molecule has 0 saturated carbocycles. The molecule has 0 aliphatic carbocycles. The van der Waals surface area contributed by atoms with Crippen LogP contribution in [0, 0.1) is 0 Å². The quantitative estimate of drug-likeness (QED) is 0.430. The summed E-state index contributed by atoms with van der Waals surface area (Å²) >= 11 is 0. The number of phenols is 1. The summed E-state index contributed by atoms with van der Waals surface area (Å²) in [5, 5.41) is 20.7. The highest BCUT2D eigenvalue weighted by atomic mass is 16.5. The molecule has 3 rings (SSSR count). The topological polar surface area (TPSA) is 88.6 Å². The van der Waals surface area contributed by atoms with Crippen LogP contribution in [0.1, 0.15) is 12.0 Å². The van der Waals surface area contributed by atoms with Gasteiger partial charge in [-0.1, -0.05) is 18.2 Å². The number of aromatic amines is 1. The van der Waals surface area contributed by atoms with Crippen molar-refractivity contribution in [3.63, 3.8) is 0 Å². The summed E-state index contributed by atoms with van der Waals surface area (Å²) in [7, 11) is 3.07. The average molecular weight is 397 g/mol. The number of H-pyrrole nitrogens is 1.